The number of nitrogens with one attached hydrogen (secondary N) is 2. The number of hydrogen-bond acceptors (Lipinski definition) is 5. The molecule has 1 aliphatic rings. The molecule has 2 heterocycles. The summed E-state index contributed by atoms with van der Waals surface area (Å²) in [7, 11) is 1.80. The quantitative estimate of drug-likeness (QED) is 0.803. The van der Waals surface area contributed by atoms with Crippen molar-refractivity contribution in [3.63, 3.8) is 0 Å². The topological polar surface area (TPSA) is 46.2 Å². The molecular weight excluding hydrogens is 234 g/mol. The molecule has 1 saturated heterocycles. The lowest BCUT2D eigenvalue weighted by atomic mass is 9.79. The first kappa shape index (κ1) is 13.0. The molecule has 1 aliphatic heterocycles. The highest BCUT2D eigenvalue weighted by molar-refractivity contribution is 7.09. The maximum atomic E-state index is 5.39. The summed E-state index contributed by atoms with van der Waals surface area (Å²) in [5.41, 5.74) is 0.303. The third-order valence-electron chi connectivity index (χ3n) is 3.37. The van der Waals surface area contributed by atoms with Crippen molar-refractivity contribution in [3.8, 4) is 0 Å². The van der Waals surface area contributed by atoms with Gasteiger partial charge in [0, 0.05) is 37.2 Å². The van der Waals surface area contributed by atoms with Crippen molar-refractivity contribution < 1.29 is 4.74 Å². The molecule has 0 spiro atoms. The highest BCUT2D eigenvalue weighted by Gasteiger charge is 2.31. The zero-order valence-electron chi connectivity index (χ0n) is 10.4. The van der Waals surface area contributed by atoms with Gasteiger partial charge in [0.2, 0.25) is 0 Å². The Bertz CT molecular complexity index is 304. The van der Waals surface area contributed by atoms with Gasteiger partial charge in [-0.1, -0.05) is 0 Å². The molecule has 5 heteroatoms. The summed E-state index contributed by atoms with van der Waals surface area (Å²) in [4.78, 5) is 4.28. The highest BCUT2D eigenvalue weighted by atomic mass is 32.1. The minimum atomic E-state index is 0.303. The van der Waals surface area contributed by atoms with Crippen molar-refractivity contribution in [2.75, 3.05) is 33.4 Å². The molecule has 96 valence electrons. The second-order valence-electron chi connectivity index (χ2n) is 4.71. The van der Waals surface area contributed by atoms with E-state index in [-0.39, 0.29) is 0 Å². The van der Waals surface area contributed by atoms with E-state index in [1.54, 1.807) is 18.4 Å². The molecule has 17 heavy (non-hydrogen) atoms. The van der Waals surface area contributed by atoms with Crippen LogP contribution in [0.3, 0.4) is 0 Å². The molecule has 2 N–H and O–H groups in total. The van der Waals surface area contributed by atoms with Crippen LogP contribution in [-0.2, 0) is 11.3 Å². The van der Waals surface area contributed by atoms with Crippen LogP contribution < -0.4 is 10.6 Å². The normalized spacial score (nSPS) is 19.4. The van der Waals surface area contributed by atoms with Crippen LogP contribution in [0.5, 0.6) is 0 Å². The van der Waals surface area contributed by atoms with E-state index in [4.69, 9.17) is 4.74 Å². The summed E-state index contributed by atoms with van der Waals surface area (Å²) in [5.74, 6) is 0. The van der Waals surface area contributed by atoms with Crippen LogP contribution in [0.1, 0.15) is 17.8 Å². The summed E-state index contributed by atoms with van der Waals surface area (Å²) in [6, 6.07) is 0. The maximum absolute atomic E-state index is 5.39. The summed E-state index contributed by atoms with van der Waals surface area (Å²) in [6.07, 6.45) is 4.23. The summed E-state index contributed by atoms with van der Waals surface area (Å²) >= 11 is 1.70. The number of hydrogen-bond donors (Lipinski definition) is 2. The number of nitrogens with zero attached hydrogens (tertiary/aromatic N) is 1. The number of ether oxygens (including phenoxy) is 1. The van der Waals surface area contributed by atoms with E-state index >= 15 is 0 Å². The van der Waals surface area contributed by atoms with Gasteiger partial charge in [-0.25, -0.2) is 4.98 Å². The SMILES string of the molecule is COCC1(CNCc2nccs2)CCNCC1. The number of piperidine rings is 1. The lowest BCUT2D eigenvalue weighted by Gasteiger charge is -2.37. The molecule has 0 atom stereocenters. The molecule has 1 aromatic rings. The monoisotopic (exact) mass is 255 g/mol. The van der Waals surface area contributed by atoms with Crippen LogP contribution in [0, 0.1) is 5.41 Å². The van der Waals surface area contributed by atoms with Crippen molar-refractivity contribution >= 4 is 11.3 Å². The molecule has 1 aromatic heterocycles. The Balaban J connectivity index is 1.80. The van der Waals surface area contributed by atoms with Gasteiger partial charge in [0.15, 0.2) is 0 Å². The number of methoxy groups -OCH3 is 1. The average Bonchev–Trinajstić information content (AvgIpc) is 2.84. The lowest BCUT2D eigenvalue weighted by molar-refractivity contribution is 0.0534. The Hall–Kier alpha value is -0.490. The van der Waals surface area contributed by atoms with E-state index in [1.807, 2.05) is 11.6 Å². The summed E-state index contributed by atoms with van der Waals surface area (Å²) in [6.45, 7) is 4.93. The fraction of sp³-hybridized carbons (Fsp3) is 0.750. The fourth-order valence-corrected chi connectivity index (χ4v) is 3.00. The largest absolute Gasteiger partial charge is 0.384 e. The third-order valence-corrected chi connectivity index (χ3v) is 4.15. The Kier molecular flexibility index (Phi) is 4.91. The standard InChI is InChI=1S/C12H21N3OS/c1-16-10-12(2-4-13-5-3-12)9-14-8-11-15-6-7-17-11/h6-7,13-14H,2-5,8-10H2,1H3. The van der Waals surface area contributed by atoms with Crippen LogP contribution in [0.2, 0.25) is 0 Å². The number of rotatable bonds is 6. The summed E-state index contributed by atoms with van der Waals surface area (Å²) < 4.78 is 5.39. The van der Waals surface area contributed by atoms with Crippen molar-refractivity contribution in [2.45, 2.75) is 19.4 Å². The molecule has 0 unspecified atom stereocenters. The Morgan fingerprint density at radius 2 is 2.35 bits per heavy atom. The van der Waals surface area contributed by atoms with Crippen LogP contribution in [0.15, 0.2) is 11.6 Å². The van der Waals surface area contributed by atoms with Gasteiger partial charge in [-0.05, 0) is 25.9 Å². The predicted molar refractivity (Wildman–Crippen MR) is 70.2 cm³/mol. The van der Waals surface area contributed by atoms with Gasteiger partial charge in [0.1, 0.15) is 5.01 Å². The third kappa shape index (κ3) is 3.74. The molecular formula is C12H21N3OS. The van der Waals surface area contributed by atoms with Gasteiger partial charge >= 0.3 is 0 Å². The lowest BCUT2D eigenvalue weighted by Crippen LogP contribution is -2.45. The Labute approximate surface area is 107 Å². The zero-order valence-corrected chi connectivity index (χ0v) is 11.2. The van der Waals surface area contributed by atoms with Crippen molar-refractivity contribution in [1.82, 2.24) is 15.6 Å². The van der Waals surface area contributed by atoms with Gasteiger partial charge in [-0.2, -0.15) is 0 Å². The molecule has 0 bridgehead atoms. The van der Waals surface area contributed by atoms with E-state index in [0.29, 0.717) is 5.41 Å². The molecule has 0 aromatic carbocycles. The highest BCUT2D eigenvalue weighted by Crippen LogP contribution is 2.28. The Morgan fingerprint density at radius 1 is 1.53 bits per heavy atom. The second kappa shape index (κ2) is 6.44. The second-order valence-corrected chi connectivity index (χ2v) is 5.69. The van der Waals surface area contributed by atoms with E-state index in [9.17, 15) is 0 Å². The van der Waals surface area contributed by atoms with Crippen LogP contribution >= 0.6 is 11.3 Å². The predicted octanol–water partition coefficient (Wildman–Crippen LogP) is 1.25. The minimum absolute atomic E-state index is 0.303. The van der Waals surface area contributed by atoms with Gasteiger partial charge in [0.05, 0.1) is 6.61 Å². The van der Waals surface area contributed by atoms with E-state index in [2.05, 4.69) is 15.6 Å². The van der Waals surface area contributed by atoms with Gasteiger partial charge in [0.25, 0.3) is 0 Å². The van der Waals surface area contributed by atoms with Gasteiger partial charge in [-0.15, -0.1) is 11.3 Å². The summed E-state index contributed by atoms with van der Waals surface area (Å²) in [5, 5.41) is 10.1. The molecule has 4 nitrogen and oxygen atoms in total. The van der Waals surface area contributed by atoms with Crippen LogP contribution in [0.4, 0.5) is 0 Å². The fourth-order valence-electron chi connectivity index (χ4n) is 2.41. The molecule has 1 fully saturated rings. The molecule has 0 radical (unpaired) electrons. The first-order chi connectivity index (χ1) is 8.35. The van der Waals surface area contributed by atoms with E-state index in [0.717, 1.165) is 37.8 Å². The van der Waals surface area contributed by atoms with Gasteiger partial charge < -0.3 is 15.4 Å². The van der Waals surface area contributed by atoms with Crippen LogP contribution in [-0.4, -0.2) is 38.3 Å². The van der Waals surface area contributed by atoms with Crippen molar-refractivity contribution in [3.05, 3.63) is 16.6 Å². The van der Waals surface area contributed by atoms with E-state index in [1.165, 1.54) is 12.8 Å². The van der Waals surface area contributed by atoms with Gasteiger partial charge in [-0.3, -0.25) is 0 Å². The maximum Gasteiger partial charge on any atom is 0.106 e. The van der Waals surface area contributed by atoms with Crippen molar-refractivity contribution in [1.29, 1.82) is 0 Å². The molecule has 0 amide bonds. The number of thiazole rings is 1. The Morgan fingerprint density at radius 3 is 3.00 bits per heavy atom. The first-order valence-corrected chi connectivity index (χ1v) is 7.01. The van der Waals surface area contributed by atoms with Crippen LogP contribution in [0.25, 0.3) is 0 Å². The average molecular weight is 255 g/mol. The zero-order chi connectivity index (χ0) is 12.0. The van der Waals surface area contributed by atoms with E-state index < -0.39 is 0 Å². The smallest absolute Gasteiger partial charge is 0.106 e. The first-order valence-electron chi connectivity index (χ1n) is 6.13. The minimum Gasteiger partial charge on any atom is -0.384 e. The molecule has 2 rings (SSSR count). The van der Waals surface area contributed by atoms with Crippen molar-refractivity contribution in [2.24, 2.45) is 5.41 Å². The molecule has 0 aliphatic carbocycles. The number of aromatic nitrogens is 1. The molecule has 0 saturated carbocycles.